The Morgan fingerprint density at radius 3 is 2.57 bits per heavy atom. The van der Waals surface area contributed by atoms with E-state index in [1.165, 1.54) is 4.90 Å². The van der Waals surface area contributed by atoms with Crippen LogP contribution >= 0.6 is 0 Å². The van der Waals surface area contributed by atoms with Gasteiger partial charge in [0.25, 0.3) is 5.91 Å². The predicted molar refractivity (Wildman–Crippen MR) is 105 cm³/mol. The minimum atomic E-state index is -0.702. The van der Waals surface area contributed by atoms with Gasteiger partial charge in [0.2, 0.25) is 11.8 Å². The quantitative estimate of drug-likeness (QED) is 0.794. The van der Waals surface area contributed by atoms with Crippen LogP contribution < -0.4 is 20.3 Å². The maximum Gasteiger partial charge on any atom is 0.254 e. The van der Waals surface area contributed by atoms with Crippen LogP contribution in [0.3, 0.4) is 0 Å². The summed E-state index contributed by atoms with van der Waals surface area (Å²) < 4.78 is 5.13. The summed E-state index contributed by atoms with van der Waals surface area (Å²) in [5.41, 5.74) is 1.90. The van der Waals surface area contributed by atoms with Gasteiger partial charge < -0.3 is 20.3 Å². The number of carbonyl (C=O) groups is 3. The van der Waals surface area contributed by atoms with Crippen molar-refractivity contribution in [3.8, 4) is 5.75 Å². The molecule has 1 heterocycles. The van der Waals surface area contributed by atoms with Crippen LogP contribution in [0.1, 0.15) is 22.8 Å². The number of carbonyl (C=O) groups excluding carboxylic acids is 3. The molecule has 3 amide bonds. The largest absolute Gasteiger partial charge is 0.497 e. The molecule has 0 bridgehead atoms. The van der Waals surface area contributed by atoms with E-state index in [1.807, 2.05) is 24.3 Å². The minimum Gasteiger partial charge on any atom is -0.497 e. The predicted octanol–water partition coefficient (Wildman–Crippen LogP) is 1.52. The average Bonchev–Trinajstić information content (AvgIpc) is 2.79. The number of nitrogens with zero attached hydrogens (tertiary/aromatic N) is 1. The van der Waals surface area contributed by atoms with Crippen LogP contribution in [0.5, 0.6) is 5.75 Å². The molecule has 1 aliphatic rings. The Bertz CT molecular complexity index is 879. The van der Waals surface area contributed by atoms with Crippen molar-refractivity contribution in [2.24, 2.45) is 0 Å². The van der Waals surface area contributed by atoms with Crippen LogP contribution in [0.15, 0.2) is 48.5 Å². The Hall–Kier alpha value is -3.35. The fourth-order valence-corrected chi connectivity index (χ4v) is 3.09. The first kappa shape index (κ1) is 19.4. The first-order chi connectivity index (χ1) is 13.5. The van der Waals surface area contributed by atoms with Crippen LogP contribution in [0.4, 0.5) is 5.69 Å². The monoisotopic (exact) mass is 381 g/mol. The summed E-state index contributed by atoms with van der Waals surface area (Å²) in [6.45, 7) is 1.92. The lowest BCUT2D eigenvalue weighted by Crippen LogP contribution is -2.47. The van der Waals surface area contributed by atoms with Crippen LogP contribution in [-0.2, 0) is 16.0 Å². The van der Waals surface area contributed by atoms with E-state index in [9.17, 15) is 14.4 Å². The van der Waals surface area contributed by atoms with Crippen molar-refractivity contribution >= 4 is 23.4 Å². The topological polar surface area (TPSA) is 87.7 Å². The fraction of sp³-hybridized carbons (Fsp3) is 0.286. The lowest BCUT2D eigenvalue weighted by molar-refractivity contribution is -0.124. The Labute approximate surface area is 163 Å². The van der Waals surface area contributed by atoms with Gasteiger partial charge in [-0.05, 0) is 43.2 Å². The Kier molecular flexibility index (Phi) is 5.93. The molecule has 2 aromatic carbocycles. The molecule has 2 N–H and O–H groups in total. The molecule has 0 saturated heterocycles. The number of ether oxygens (including phenoxy) is 1. The normalized spacial score (nSPS) is 16.1. The van der Waals surface area contributed by atoms with E-state index >= 15 is 0 Å². The lowest BCUT2D eigenvalue weighted by atomic mass is 10.1. The molecule has 1 atom stereocenters. The third-order valence-electron chi connectivity index (χ3n) is 4.62. The zero-order valence-electron chi connectivity index (χ0n) is 15.9. The van der Waals surface area contributed by atoms with E-state index in [0.29, 0.717) is 24.2 Å². The summed E-state index contributed by atoms with van der Waals surface area (Å²) in [5.74, 6) is -0.135. The molecule has 7 nitrogen and oxygen atoms in total. The number of benzene rings is 2. The van der Waals surface area contributed by atoms with Crippen molar-refractivity contribution < 1.29 is 19.1 Å². The molecular formula is C21H23N3O4. The lowest BCUT2D eigenvalue weighted by Gasteiger charge is -2.23. The smallest absolute Gasteiger partial charge is 0.254 e. The van der Waals surface area contributed by atoms with Crippen LogP contribution in [0.25, 0.3) is 0 Å². The van der Waals surface area contributed by atoms with Crippen LogP contribution in [0.2, 0.25) is 0 Å². The molecule has 1 aliphatic heterocycles. The standard InChI is InChI=1S/C21H23N3O4/c1-14-21(27)24(18-6-4-3-5-17(18)20(26)23-14)13-19(25)22-12-11-15-7-9-16(28-2)10-8-15/h3-10,14H,11-13H2,1-2H3,(H,22,25)(H,23,26). The highest BCUT2D eigenvalue weighted by atomic mass is 16.5. The first-order valence-electron chi connectivity index (χ1n) is 9.10. The van der Waals surface area contributed by atoms with Crippen molar-refractivity contribution in [2.75, 3.05) is 25.1 Å². The van der Waals surface area contributed by atoms with E-state index < -0.39 is 6.04 Å². The highest BCUT2D eigenvalue weighted by Gasteiger charge is 2.31. The van der Waals surface area contributed by atoms with Crippen molar-refractivity contribution in [3.05, 3.63) is 59.7 Å². The average molecular weight is 381 g/mol. The number of hydrogen-bond acceptors (Lipinski definition) is 4. The van der Waals surface area contributed by atoms with Gasteiger partial charge in [-0.25, -0.2) is 0 Å². The second kappa shape index (κ2) is 8.56. The number of fused-ring (bicyclic) bond motifs is 1. The van der Waals surface area contributed by atoms with Gasteiger partial charge in [0.15, 0.2) is 0 Å². The molecule has 7 heteroatoms. The van der Waals surface area contributed by atoms with Gasteiger partial charge in [0, 0.05) is 6.54 Å². The van der Waals surface area contributed by atoms with Gasteiger partial charge in [-0.3, -0.25) is 14.4 Å². The van der Waals surface area contributed by atoms with Gasteiger partial charge >= 0.3 is 0 Å². The number of rotatable bonds is 6. The molecular weight excluding hydrogens is 358 g/mol. The van der Waals surface area contributed by atoms with E-state index in [2.05, 4.69) is 10.6 Å². The van der Waals surface area contributed by atoms with Gasteiger partial charge in [0.1, 0.15) is 18.3 Å². The summed E-state index contributed by atoms with van der Waals surface area (Å²) in [6, 6.07) is 13.7. The van der Waals surface area contributed by atoms with Crippen molar-refractivity contribution in [2.45, 2.75) is 19.4 Å². The summed E-state index contributed by atoms with van der Waals surface area (Å²) >= 11 is 0. The van der Waals surface area contributed by atoms with Crippen molar-refractivity contribution in [1.29, 1.82) is 0 Å². The Morgan fingerprint density at radius 2 is 1.86 bits per heavy atom. The van der Waals surface area contributed by atoms with Gasteiger partial charge in [-0.1, -0.05) is 24.3 Å². The van der Waals surface area contributed by atoms with Gasteiger partial charge in [-0.2, -0.15) is 0 Å². The number of methoxy groups -OCH3 is 1. The Morgan fingerprint density at radius 1 is 1.14 bits per heavy atom. The molecule has 3 rings (SSSR count). The third-order valence-corrected chi connectivity index (χ3v) is 4.62. The molecule has 0 saturated carbocycles. The Balaban J connectivity index is 1.63. The van der Waals surface area contributed by atoms with Gasteiger partial charge in [0.05, 0.1) is 18.4 Å². The van der Waals surface area contributed by atoms with Crippen LogP contribution in [0, 0.1) is 0 Å². The maximum atomic E-state index is 12.7. The number of anilines is 1. The molecule has 1 unspecified atom stereocenters. The highest BCUT2D eigenvalue weighted by molar-refractivity contribution is 6.12. The number of para-hydroxylation sites is 1. The van der Waals surface area contributed by atoms with Crippen molar-refractivity contribution in [3.63, 3.8) is 0 Å². The van der Waals surface area contributed by atoms with E-state index in [1.54, 1.807) is 38.3 Å². The first-order valence-corrected chi connectivity index (χ1v) is 9.10. The summed E-state index contributed by atoms with van der Waals surface area (Å²) in [6.07, 6.45) is 0.663. The minimum absolute atomic E-state index is 0.141. The number of nitrogens with one attached hydrogen (secondary N) is 2. The summed E-state index contributed by atoms with van der Waals surface area (Å²) in [5, 5.41) is 5.49. The SMILES string of the molecule is COc1ccc(CCNC(=O)CN2C(=O)C(C)NC(=O)c3ccccc32)cc1. The molecule has 0 spiro atoms. The molecule has 0 radical (unpaired) electrons. The van der Waals surface area contributed by atoms with Gasteiger partial charge in [-0.15, -0.1) is 0 Å². The van der Waals surface area contributed by atoms with E-state index in [4.69, 9.17) is 4.74 Å². The van der Waals surface area contributed by atoms with E-state index in [0.717, 1.165) is 11.3 Å². The molecule has 146 valence electrons. The summed E-state index contributed by atoms with van der Waals surface area (Å²) in [7, 11) is 1.61. The van der Waals surface area contributed by atoms with Crippen LogP contribution in [-0.4, -0.2) is 44.0 Å². The second-order valence-electron chi connectivity index (χ2n) is 6.58. The zero-order chi connectivity index (χ0) is 20.1. The highest BCUT2D eigenvalue weighted by Crippen LogP contribution is 2.23. The fourth-order valence-electron chi connectivity index (χ4n) is 3.09. The molecule has 28 heavy (non-hydrogen) atoms. The molecule has 0 aromatic heterocycles. The molecule has 2 aromatic rings. The zero-order valence-corrected chi connectivity index (χ0v) is 15.9. The van der Waals surface area contributed by atoms with Crippen molar-refractivity contribution in [1.82, 2.24) is 10.6 Å². The third kappa shape index (κ3) is 4.31. The maximum absolute atomic E-state index is 12.7. The molecule has 0 fully saturated rings. The van der Waals surface area contributed by atoms with E-state index in [-0.39, 0.29) is 24.3 Å². The second-order valence-corrected chi connectivity index (χ2v) is 6.58. The molecule has 0 aliphatic carbocycles. The summed E-state index contributed by atoms with van der Waals surface area (Å²) in [4.78, 5) is 38.7. The number of amides is 3. The number of hydrogen-bond donors (Lipinski definition) is 2.